The molecule has 0 aliphatic carbocycles. The highest BCUT2D eigenvalue weighted by Crippen LogP contribution is 2.33. The molecule has 0 amide bonds. The lowest BCUT2D eigenvalue weighted by Gasteiger charge is -2.38. The van der Waals surface area contributed by atoms with E-state index in [9.17, 15) is 0 Å². The average Bonchev–Trinajstić information content (AvgIpc) is 2.76. The van der Waals surface area contributed by atoms with Crippen molar-refractivity contribution in [2.45, 2.75) is 53.0 Å². The Kier molecular flexibility index (Phi) is 4.98. The van der Waals surface area contributed by atoms with Crippen LogP contribution in [0.5, 0.6) is 0 Å². The van der Waals surface area contributed by atoms with Crippen LogP contribution < -0.4 is 10.6 Å². The molecule has 0 aromatic carbocycles. The van der Waals surface area contributed by atoms with E-state index in [4.69, 9.17) is 0 Å². The Bertz CT molecular complexity index is 408. The van der Waals surface area contributed by atoms with E-state index in [2.05, 4.69) is 43.3 Å². The van der Waals surface area contributed by atoms with Crippen LogP contribution in [0.25, 0.3) is 0 Å². The highest BCUT2D eigenvalue weighted by atomic mass is 32.1. The van der Waals surface area contributed by atoms with Crippen molar-refractivity contribution in [1.82, 2.24) is 15.6 Å². The van der Waals surface area contributed by atoms with Crippen LogP contribution in [0.15, 0.2) is 0 Å². The van der Waals surface area contributed by atoms with Crippen molar-refractivity contribution in [2.75, 3.05) is 19.6 Å². The smallest absolute Gasteiger partial charge is 0.0900 e. The monoisotopic (exact) mass is 281 g/mol. The molecule has 19 heavy (non-hydrogen) atoms. The van der Waals surface area contributed by atoms with Gasteiger partial charge in [-0.1, -0.05) is 6.92 Å². The molecule has 2 heterocycles. The first-order chi connectivity index (χ1) is 9.06. The van der Waals surface area contributed by atoms with Crippen molar-refractivity contribution >= 4 is 11.3 Å². The zero-order chi connectivity index (χ0) is 13.9. The van der Waals surface area contributed by atoms with E-state index in [1.807, 2.05) is 11.3 Å². The number of thiazole rings is 1. The molecule has 1 aliphatic rings. The summed E-state index contributed by atoms with van der Waals surface area (Å²) >= 11 is 1.83. The molecular formula is C15H27N3S. The molecule has 0 bridgehead atoms. The first-order valence-corrected chi connectivity index (χ1v) is 8.26. The highest BCUT2D eigenvalue weighted by molar-refractivity contribution is 7.11. The molecule has 2 N–H and O–H groups in total. The molecule has 3 nitrogen and oxygen atoms in total. The normalized spacial score (nSPS) is 20.4. The molecule has 4 heteroatoms. The Balaban J connectivity index is 1.95. The minimum absolute atomic E-state index is 0.421. The topological polar surface area (TPSA) is 37.0 Å². The molecule has 0 saturated carbocycles. The predicted octanol–water partition coefficient (Wildman–Crippen LogP) is 3.19. The van der Waals surface area contributed by atoms with Crippen LogP contribution in [0.3, 0.4) is 0 Å². The van der Waals surface area contributed by atoms with Crippen LogP contribution in [-0.4, -0.2) is 24.6 Å². The maximum atomic E-state index is 4.53. The molecule has 0 radical (unpaired) electrons. The summed E-state index contributed by atoms with van der Waals surface area (Å²) in [5, 5.41) is 8.40. The Morgan fingerprint density at radius 3 is 2.58 bits per heavy atom. The lowest BCUT2D eigenvalue weighted by molar-refractivity contribution is 0.180. The van der Waals surface area contributed by atoms with Gasteiger partial charge >= 0.3 is 0 Å². The number of piperidine rings is 1. The van der Waals surface area contributed by atoms with E-state index < -0.39 is 0 Å². The van der Waals surface area contributed by atoms with Crippen molar-refractivity contribution in [1.29, 1.82) is 0 Å². The van der Waals surface area contributed by atoms with Gasteiger partial charge in [0.1, 0.15) is 0 Å². The third-order valence-electron chi connectivity index (χ3n) is 4.53. The van der Waals surface area contributed by atoms with Crippen molar-refractivity contribution in [2.24, 2.45) is 5.41 Å². The molecule has 0 spiro atoms. The van der Waals surface area contributed by atoms with Crippen LogP contribution in [-0.2, 0) is 0 Å². The van der Waals surface area contributed by atoms with Crippen molar-refractivity contribution in [3.05, 3.63) is 15.6 Å². The van der Waals surface area contributed by atoms with Crippen LogP contribution >= 0.6 is 11.3 Å². The number of aryl methyl sites for hydroxylation is 2. The van der Waals surface area contributed by atoms with Gasteiger partial charge in [-0.2, -0.15) is 0 Å². The third kappa shape index (κ3) is 3.56. The SMILES string of the molecule is CCC1(CNC(C)c2sc(C)nc2C)CCNCC1. The predicted molar refractivity (Wildman–Crippen MR) is 82.8 cm³/mol. The van der Waals surface area contributed by atoms with Gasteiger partial charge in [0.05, 0.1) is 10.7 Å². The first-order valence-electron chi connectivity index (χ1n) is 7.44. The number of rotatable bonds is 5. The molecule has 2 rings (SSSR count). The largest absolute Gasteiger partial charge is 0.317 e. The minimum atomic E-state index is 0.421. The molecule has 1 aliphatic heterocycles. The summed E-state index contributed by atoms with van der Waals surface area (Å²) in [5.41, 5.74) is 1.69. The van der Waals surface area contributed by atoms with Gasteiger partial charge in [0.25, 0.3) is 0 Å². The van der Waals surface area contributed by atoms with Gasteiger partial charge in [0, 0.05) is 17.5 Å². The van der Waals surface area contributed by atoms with Crippen molar-refractivity contribution in [3.63, 3.8) is 0 Å². The fourth-order valence-electron chi connectivity index (χ4n) is 3.02. The zero-order valence-corrected chi connectivity index (χ0v) is 13.5. The maximum Gasteiger partial charge on any atom is 0.0900 e. The molecule has 1 fully saturated rings. The standard InChI is InChI=1S/C15H27N3S/c1-5-15(6-8-16-9-7-15)10-17-11(2)14-12(3)18-13(4)19-14/h11,16-17H,5-10H2,1-4H3. The first kappa shape index (κ1) is 14.9. The van der Waals surface area contributed by atoms with Crippen LogP contribution in [0, 0.1) is 19.3 Å². The molecule has 1 aromatic heterocycles. The van der Waals surface area contributed by atoms with Gasteiger partial charge in [-0.3, -0.25) is 0 Å². The van der Waals surface area contributed by atoms with Crippen molar-refractivity contribution in [3.8, 4) is 0 Å². The fraction of sp³-hybridized carbons (Fsp3) is 0.800. The molecule has 1 saturated heterocycles. The fourth-order valence-corrected chi connectivity index (χ4v) is 3.98. The van der Waals surface area contributed by atoms with E-state index >= 15 is 0 Å². The zero-order valence-electron chi connectivity index (χ0n) is 12.7. The van der Waals surface area contributed by atoms with Crippen LogP contribution in [0.2, 0.25) is 0 Å². The van der Waals surface area contributed by atoms with Gasteiger partial charge in [-0.05, 0) is 58.5 Å². The van der Waals surface area contributed by atoms with Crippen molar-refractivity contribution < 1.29 is 0 Å². The van der Waals surface area contributed by atoms with Gasteiger partial charge in [0.2, 0.25) is 0 Å². The number of hydrogen-bond donors (Lipinski definition) is 2. The molecular weight excluding hydrogens is 254 g/mol. The number of nitrogens with one attached hydrogen (secondary N) is 2. The second-order valence-electron chi connectivity index (χ2n) is 5.89. The lowest BCUT2D eigenvalue weighted by Crippen LogP contribution is -2.43. The molecule has 1 unspecified atom stereocenters. The maximum absolute atomic E-state index is 4.53. The van der Waals surface area contributed by atoms with Gasteiger partial charge < -0.3 is 10.6 Å². The Hall–Kier alpha value is -0.450. The lowest BCUT2D eigenvalue weighted by atomic mass is 9.76. The quantitative estimate of drug-likeness (QED) is 0.870. The number of hydrogen-bond acceptors (Lipinski definition) is 4. The summed E-state index contributed by atoms with van der Waals surface area (Å²) < 4.78 is 0. The number of nitrogens with zero attached hydrogens (tertiary/aromatic N) is 1. The Labute approximate surface area is 121 Å². The van der Waals surface area contributed by atoms with E-state index in [0.717, 1.165) is 6.54 Å². The summed E-state index contributed by atoms with van der Waals surface area (Å²) in [4.78, 5) is 5.93. The van der Waals surface area contributed by atoms with E-state index in [1.54, 1.807) is 0 Å². The summed E-state index contributed by atoms with van der Waals surface area (Å²) in [5.74, 6) is 0. The summed E-state index contributed by atoms with van der Waals surface area (Å²) in [7, 11) is 0. The molecule has 1 aromatic rings. The van der Waals surface area contributed by atoms with Gasteiger partial charge in [0.15, 0.2) is 0 Å². The summed E-state index contributed by atoms with van der Waals surface area (Å²) in [6.07, 6.45) is 3.86. The molecule has 1 atom stereocenters. The second kappa shape index (κ2) is 6.33. The summed E-state index contributed by atoms with van der Waals surface area (Å²) in [6.45, 7) is 12.3. The Morgan fingerprint density at radius 2 is 2.05 bits per heavy atom. The Morgan fingerprint density at radius 1 is 1.37 bits per heavy atom. The average molecular weight is 281 g/mol. The third-order valence-corrected chi connectivity index (χ3v) is 5.79. The van der Waals surface area contributed by atoms with Gasteiger partial charge in [-0.15, -0.1) is 11.3 Å². The van der Waals surface area contributed by atoms with Gasteiger partial charge in [-0.25, -0.2) is 4.98 Å². The minimum Gasteiger partial charge on any atom is -0.317 e. The summed E-state index contributed by atoms with van der Waals surface area (Å²) in [6, 6.07) is 0.421. The second-order valence-corrected chi connectivity index (χ2v) is 7.12. The van der Waals surface area contributed by atoms with E-state index in [0.29, 0.717) is 11.5 Å². The van der Waals surface area contributed by atoms with Crippen LogP contribution in [0.1, 0.15) is 54.7 Å². The van der Waals surface area contributed by atoms with E-state index in [1.165, 1.54) is 47.9 Å². The highest BCUT2D eigenvalue weighted by Gasteiger charge is 2.30. The number of aromatic nitrogens is 1. The van der Waals surface area contributed by atoms with Crippen LogP contribution in [0.4, 0.5) is 0 Å². The molecule has 108 valence electrons. The van der Waals surface area contributed by atoms with E-state index in [-0.39, 0.29) is 0 Å².